The first-order chi connectivity index (χ1) is 22.6. The molecule has 1 aliphatic rings. The van der Waals surface area contributed by atoms with Crippen LogP contribution in [0.3, 0.4) is 0 Å². The van der Waals surface area contributed by atoms with Gasteiger partial charge in [0.25, 0.3) is 5.91 Å². The van der Waals surface area contributed by atoms with Crippen LogP contribution in [0.2, 0.25) is 0 Å². The van der Waals surface area contributed by atoms with Gasteiger partial charge in [0.05, 0.1) is 24.9 Å². The van der Waals surface area contributed by atoms with Gasteiger partial charge in [0.1, 0.15) is 35.9 Å². The van der Waals surface area contributed by atoms with E-state index in [1.165, 1.54) is 35.6 Å². The monoisotopic (exact) mass is 678 g/mol. The third kappa shape index (κ3) is 10.7. The van der Waals surface area contributed by atoms with Crippen LogP contribution in [0.15, 0.2) is 42.9 Å². The highest BCUT2D eigenvalue weighted by Crippen LogP contribution is 2.27. The van der Waals surface area contributed by atoms with Gasteiger partial charge < -0.3 is 35.1 Å². The number of ether oxygens (including phenoxy) is 2. The summed E-state index contributed by atoms with van der Waals surface area (Å²) in [5.41, 5.74) is 0.370. The molecule has 5 atom stereocenters. The summed E-state index contributed by atoms with van der Waals surface area (Å²) in [6, 6.07) is 1.20. The van der Waals surface area contributed by atoms with Gasteiger partial charge in [-0.05, 0) is 36.0 Å². The topological polar surface area (TPSA) is 169 Å². The van der Waals surface area contributed by atoms with E-state index in [4.69, 9.17) is 4.74 Å². The lowest BCUT2D eigenvalue weighted by molar-refractivity contribution is -0.274. The number of likely N-dealkylation sites (tertiary alicyclic amines) is 1. The number of hydrogen-bond acceptors (Lipinski definition) is 9. The molecule has 1 aromatic carbocycles. The zero-order valence-electron chi connectivity index (χ0n) is 27.3. The number of carbonyl (C=O) groups excluding carboxylic acids is 5. The highest BCUT2D eigenvalue weighted by atomic mass is 19.4. The van der Waals surface area contributed by atoms with Crippen LogP contribution in [0.1, 0.15) is 63.5 Å². The number of halogens is 3. The van der Waals surface area contributed by atoms with E-state index < -0.39 is 71.9 Å². The SMILES string of the molecule is CC[C@@H](C=O)NC(=O)[C@@H]1C[C@@H](OCc2cccc(OC(F)(F)F)c2)CN1C(=O)[C@@H](NC(=O)[C@@H](NC(=O)c1cnccn1)C(C)C)C(C)C. The predicted molar refractivity (Wildman–Crippen MR) is 165 cm³/mol. The number of aromatic nitrogens is 2. The first-order valence-corrected chi connectivity index (χ1v) is 15.5. The molecule has 13 nitrogen and oxygen atoms in total. The number of nitrogens with zero attached hydrogens (tertiary/aromatic N) is 3. The lowest BCUT2D eigenvalue weighted by Gasteiger charge is -2.32. The van der Waals surface area contributed by atoms with Crippen molar-refractivity contribution < 1.29 is 46.6 Å². The Bertz CT molecular complexity index is 1430. The van der Waals surface area contributed by atoms with E-state index in [9.17, 15) is 37.1 Å². The van der Waals surface area contributed by atoms with Gasteiger partial charge in [-0.3, -0.25) is 24.2 Å². The fraction of sp³-hybridized carbons (Fsp3) is 0.531. The van der Waals surface area contributed by atoms with E-state index in [0.29, 0.717) is 18.3 Å². The van der Waals surface area contributed by atoms with Crippen molar-refractivity contribution in [3.63, 3.8) is 0 Å². The number of rotatable bonds is 15. The molecule has 3 rings (SSSR count). The molecule has 1 aromatic heterocycles. The molecule has 2 aromatic rings. The number of benzene rings is 1. The summed E-state index contributed by atoms with van der Waals surface area (Å²) in [7, 11) is 0. The maximum atomic E-state index is 14.1. The molecule has 0 spiro atoms. The van der Waals surface area contributed by atoms with E-state index in [2.05, 4.69) is 30.7 Å². The Morgan fingerprint density at radius 3 is 2.33 bits per heavy atom. The third-order valence-corrected chi connectivity index (χ3v) is 7.66. The lowest BCUT2D eigenvalue weighted by atomic mass is 9.98. The number of nitrogens with one attached hydrogen (secondary N) is 3. The Hall–Kier alpha value is -4.60. The molecule has 1 aliphatic heterocycles. The normalized spacial score (nSPS) is 18.2. The smallest absolute Gasteiger partial charge is 0.406 e. The third-order valence-electron chi connectivity index (χ3n) is 7.66. The van der Waals surface area contributed by atoms with Crippen LogP contribution in [0.25, 0.3) is 0 Å². The Balaban J connectivity index is 1.80. The second-order valence-electron chi connectivity index (χ2n) is 12.0. The van der Waals surface area contributed by atoms with Gasteiger partial charge in [-0.25, -0.2) is 4.98 Å². The summed E-state index contributed by atoms with van der Waals surface area (Å²) in [6.45, 7) is 8.34. The van der Waals surface area contributed by atoms with E-state index >= 15 is 0 Å². The van der Waals surface area contributed by atoms with Crippen LogP contribution in [0.5, 0.6) is 5.75 Å². The summed E-state index contributed by atoms with van der Waals surface area (Å²) in [5.74, 6) is -3.71. The fourth-order valence-electron chi connectivity index (χ4n) is 5.07. The molecule has 0 aliphatic carbocycles. The summed E-state index contributed by atoms with van der Waals surface area (Å²) in [5, 5.41) is 7.99. The van der Waals surface area contributed by atoms with Crippen LogP contribution in [-0.4, -0.2) is 88.0 Å². The molecular formula is C32H41F3N6O7. The quantitative estimate of drug-likeness (QED) is 0.240. The lowest BCUT2D eigenvalue weighted by Crippen LogP contribution is -2.59. The second kappa shape index (κ2) is 17.0. The molecule has 3 N–H and O–H groups in total. The molecule has 2 heterocycles. The molecule has 0 saturated carbocycles. The highest BCUT2D eigenvalue weighted by molar-refractivity contribution is 5.98. The van der Waals surface area contributed by atoms with E-state index in [0.717, 1.165) is 6.07 Å². The predicted octanol–water partition coefficient (Wildman–Crippen LogP) is 2.55. The van der Waals surface area contributed by atoms with E-state index in [-0.39, 0.29) is 31.2 Å². The molecule has 0 bridgehead atoms. The van der Waals surface area contributed by atoms with Gasteiger partial charge in [0.2, 0.25) is 17.7 Å². The molecule has 0 unspecified atom stereocenters. The zero-order chi connectivity index (χ0) is 35.6. The largest absolute Gasteiger partial charge is 0.573 e. The summed E-state index contributed by atoms with van der Waals surface area (Å²) >= 11 is 0. The first kappa shape index (κ1) is 37.9. The minimum atomic E-state index is -4.87. The van der Waals surface area contributed by atoms with Crippen molar-refractivity contribution in [3.05, 3.63) is 54.1 Å². The van der Waals surface area contributed by atoms with Gasteiger partial charge in [-0.1, -0.05) is 46.8 Å². The average Bonchev–Trinajstić information content (AvgIpc) is 3.47. The van der Waals surface area contributed by atoms with Crippen molar-refractivity contribution in [2.24, 2.45) is 11.8 Å². The van der Waals surface area contributed by atoms with E-state index in [1.807, 2.05) is 0 Å². The molecule has 4 amide bonds. The number of alkyl halides is 3. The van der Waals surface area contributed by atoms with Crippen LogP contribution >= 0.6 is 0 Å². The molecule has 1 saturated heterocycles. The van der Waals surface area contributed by atoms with Crippen molar-refractivity contribution in [1.29, 1.82) is 0 Å². The number of hydrogen-bond donors (Lipinski definition) is 3. The van der Waals surface area contributed by atoms with Crippen molar-refractivity contribution in [2.45, 2.75) is 90.7 Å². The summed E-state index contributed by atoms with van der Waals surface area (Å²) in [4.78, 5) is 74.2. The number of carbonyl (C=O) groups is 5. The van der Waals surface area contributed by atoms with Crippen molar-refractivity contribution in [3.8, 4) is 5.75 Å². The zero-order valence-corrected chi connectivity index (χ0v) is 27.3. The Kier molecular flexibility index (Phi) is 13.4. The molecule has 0 radical (unpaired) electrons. The summed E-state index contributed by atoms with van der Waals surface area (Å²) < 4.78 is 48.0. The van der Waals surface area contributed by atoms with Gasteiger partial charge in [0.15, 0.2) is 0 Å². The van der Waals surface area contributed by atoms with Crippen LogP contribution in [0, 0.1) is 11.8 Å². The van der Waals surface area contributed by atoms with Crippen molar-refractivity contribution in [2.75, 3.05) is 6.54 Å². The van der Waals surface area contributed by atoms with Crippen LogP contribution in [-0.2, 0) is 30.5 Å². The van der Waals surface area contributed by atoms with Gasteiger partial charge in [0, 0.05) is 25.4 Å². The second-order valence-corrected chi connectivity index (χ2v) is 12.0. The van der Waals surface area contributed by atoms with Crippen LogP contribution in [0.4, 0.5) is 13.2 Å². The molecule has 262 valence electrons. The van der Waals surface area contributed by atoms with Crippen molar-refractivity contribution in [1.82, 2.24) is 30.8 Å². The van der Waals surface area contributed by atoms with Gasteiger partial charge in [-0.2, -0.15) is 0 Å². The average molecular weight is 679 g/mol. The van der Waals surface area contributed by atoms with Gasteiger partial charge >= 0.3 is 6.36 Å². The number of aldehydes is 1. The number of amides is 4. The molecule has 16 heteroatoms. The van der Waals surface area contributed by atoms with Gasteiger partial charge in [-0.15, -0.1) is 13.2 Å². The standard InChI is InChI=1S/C32H41F3N6O7/c1-6-21(16-42)38-29(44)25-13-23(47-17-20-8-7-9-22(12-20)48-32(33,34)35)15-41(25)31(46)27(19(4)5)40-30(45)26(18(2)3)39-28(43)24-14-36-10-11-37-24/h7-12,14,16,18-19,21,23,25-27H,6,13,15,17H2,1-5H3,(H,38,44)(H,39,43)(H,40,45)/t21-,23+,25-,26-,27-/m0/s1. The summed E-state index contributed by atoms with van der Waals surface area (Å²) in [6.07, 6.45) is -0.680. The Morgan fingerprint density at radius 2 is 1.75 bits per heavy atom. The molecule has 48 heavy (non-hydrogen) atoms. The van der Waals surface area contributed by atoms with E-state index in [1.54, 1.807) is 40.7 Å². The maximum absolute atomic E-state index is 14.1. The first-order valence-electron chi connectivity index (χ1n) is 15.5. The maximum Gasteiger partial charge on any atom is 0.573 e. The fourth-order valence-corrected chi connectivity index (χ4v) is 5.07. The Labute approximate surface area is 276 Å². The minimum absolute atomic E-state index is 0.00436. The molecular weight excluding hydrogens is 637 g/mol. The van der Waals surface area contributed by atoms with Crippen molar-refractivity contribution >= 4 is 29.9 Å². The molecule has 1 fully saturated rings. The Morgan fingerprint density at radius 1 is 1.04 bits per heavy atom. The van der Waals surface area contributed by atoms with Crippen LogP contribution < -0.4 is 20.7 Å². The minimum Gasteiger partial charge on any atom is -0.406 e. The highest BCUT2D eigenvalue weighted by Gasteiger charge is 2.44.